The Labute approximate surface area is 90.1 Å². The van der Waals surface area contributed by atoms with Gasteiger partial charge in [-0.2, -0.15) is 0 Å². The van der Waals surface area contributed by atoms with E-state index in [0.717, 1.165) is 4.47 Å². The molecule has 0 radical (unpaired) electrons. The number of rotatable bonds is 2. The molecule has 1 aromatic carbocycles. The van der Waals surface area contributed by atoms with E-state index in [1.54, 1.807) is 18.2 Å². The van der Waals surface area contributed by atoms with Crippen LogP contribution in [0.3, 0.4) is 0 Å². The fourth-order valence-electron chi connectivity index (χ4n) is 0.885. The van der Waals surface area contributed by atoms with Crippen molar-refractivity contribution in [1.29, 1.82) is 0 Å². The van der Waals surface area contributed by atoms with Gasteiger partial charge in [0.05, 0.1) is 7.11 Å². The van der Waals surface area contributed by atoms with Gasteiger partial charge in [0.15, 0.2) is 0 Å². The van der Waals surface area contributed by atoms with Gasteiger partial charge in [-0.3, -0.25) is 0 Å². The number of benzene rings is 1. The maximum Gasteiger partial charge on any atom is 0.330 e. The second kappa shape index (κ2) is 4.81. The van der Waals surface area contributed by atoms with Gasteiger partial charge >= 0.3 is 5.97 Å². The quantitative estimate of drug-likeness (QED) is 0.653. The molecule has 0 aromatic heterocycles. The third-order valence-electron chi connectivity index (χ3n) is 1.59. The van der Waals surface area contributed by atoms with Gasteiger partial charge in [0.1, 0.15) is 5.75 Å². The molecule has 14 heavy (non-hydrogen) atoms. The van der Waals surface area contributed by atoms with Crippen LogP contribution in [0.25, 0.3) is 6.08 Å². The van der Waals surface area contributed by atoms with Gasteiger partial charge in [-0.05, 0) is 24.3 Å². The largest absolute Gasteiger partial charge is 0.507 e. The maximum atomic E-state index is 10.8. The number of carbonyl (C=O) groups is 1. The summed E-state index contributed by atoms with van der Waals surface area (Å²) in [6.45, 7) is 0. The molecule has 0 atom stereocenters. The number of ether oxygens (including phenoxy) is 1. The summed E-state index contributed by atoms with van der Waals surface area (Å²) in [5, 5.41) is 9.40. The van der Waals surface area contributed by atoms with Gasteiger partial charge in [0.2, 0.25) is 0 Å². The van der Waals surface area contributed by atoms with Crippen molar-refractivity contribution in [2.24, 2.45) is 0 Å². The van der Waals surface area contributed by atoms with Crippen molar-refractivity contribution in [1.82, 2.24) is 0 Å². The van der Waals surface area contributed by atoms with Gasteiger partial charge in [-0.1, -0.05) is 15.9 Å². The van der Waals surface area contributed by atoms with E-state index in [0.29, 0.717) is 5.56 Å². The summed E-state index contributed by atoms with van der Waals surface area (Å²) in [7, 11) is 1.30. The van der Waals surface area contributed by atoms with Crippen molar-refractivity contribution in [2.45, 2.75) is 0 Å². The number of aromatic hydroxyl groups is 1. The van der Waals surface area contributed by atoms with Crippen molar-refractivity contribution >= 4 is 28.0 Å². The molecule has 0 aliphatic heterocycles. The first-order chi connectivity index (χ1) is 6.63. The monoisotopic (exact) mass is 256 g/mol. The number of methoxy groups -OCH3 is 1. The maximum absolute atomic E-state index is 10.8. The van der Waals surface area contributed by atoms with E-state index in [1.165, 1.54) is 19.3 Å². The highest BCUT2D eigenvalue weighted by Crippen LogP contribution is 2.22. The average Bonchev–Trinajstić information content (AvgIpc) is 2.19. The van der Waals surface area contributed by atoms with Gasteiger partial charge in [-0.15, -0.1) is 0 Å². The smallest absolute Gasteiger partial charge is 0.330 e. The lowest BCUT2D eigenvalue weighted by atomic mass is 10.2. The molecule has 0 saturated heterocycles. The second-order valence-corrected chi connectivity index (χ2v) is 3.48. The number of carbonyl (C=O) groups excluding carboxylic acids is 1. The normalized spacial score (nSPS) is 10.4. The summed E-state index contributed by atoms with van der Waals surface area (Å²) >= 11 is 3.26. The summed E-state index contributed by atoms with van der Waals surface area (Å²) in [4.78, 5) is 10.8. The fourth-order valence-corrected chi connectivity index (χ4v) is 1.26. The standard InChI is InChI=1S/C10H9BrO3/c1-14-10(13)5-2-7-6-8(11)3-4-9(7)12/h2-6,12H,1H3. The first-order valence-electron chi connectivity index (χ1n) is 3.88. The lowest BCUT2D eigenvalue weighted by Crippen LogP contribution is -1.93. The Bertz CT molecular complexity index is 372. The van der Waals surface area contributed by atoms with Crippen molar-refractivity contribution in [2.75, 3.05) is 7.11 Å². The second-order valence-electron chi connectivity index (χ2n) is 2.56. The summed E-state index contributed by atoms with van der Waals surface area (Å²) in [6.07, 6.45) is 2.74. The van der Waals surface area contributed by atoms with Crippen LogP contribution >= 0.6 is 15.9 Å². The van der Waals surface area contributed by atoms with Gasteiger partial charge in [-0.25, -0.2) is 4.79 Å². The summed E-state index contributed by atoms with van der Waals surface area (Å²) in [5.41, 5.74) is 0.560. The molecule has 0 aliphatic carbocycles. The molecule has 0 saturated carbocycles. The third kappa shape index (κ3) is 2.88. The highest BCUT2D eigenvalue weighted by Gasteiger charge is 1.99. The van der Waals surface area contributed by atoms with E-state index >= 15 is 0 Å². The fraction of sp³-hybridized carbons (Fsp3) is 0.100. The van der Waals surface area contributed by atoms with Crippen LogP contribution < -0.4 is 0 Å². The number of halogens is 1. The number of phenols is 1. The Morgan fingerprint density at radius 1 is 1.57 bits per heavy atom. The van der Waals surface area contributed by atoms with E-state index in [-0.39, 0.29) is 5.75 Å². The summed E-state index contributed by atoms with van der Waals surface area (Å²) < 4.78 is 5.26. The molecular weight excluding hydrogens is 248 g/mol. The van der Waals surface area contributed by atoms with Crippen LogP contribution in [0, 0.1) is 0 Å². The van der Waals surface area contributed by atoms with Crippen LogP contribution in [0.5, 0.6) is 5.75 Å². The van der Waals surface area contributed by atoms with E-state index in [2.05, 4.69) is 20.7 Å². The highest BCUT2D eigenvalue weighted by molar-refractivity contribution is 9.10. The summed E-state index contributed by atoms with van der Waals surface area (Å²) in [6, 6.07) is 4.96. The van der Waals surface area contributed by atoms with E-state index < -0.39 is 5.97 Å². The Kier molecular flexibility index (Phi) is 3.71. The zero-order valence-corrected chi connectivity index (χ0v) is 9.11. The highest BCUT2D eigenvalue weighted by atomic mass is 79.9. The van der Waals surface area contributed by atoms with E-state index in [9.17, 15) is 9.90 Å². The van der Waals surface area contributed by atoms with Crippen molar-refractivity contribution in [3.8, 4) is 5.75 Å². The zero-order chi connectivity index (χ0) is 10.6. The molecular formula is C10H9BrO3. The molecule has 74 valence electrons. The SMILES string of the molecule is COC(=O)C=Cc1cc(Br)ccc1O. The predicted molar refractivity (Wildman–Crippen MR) is 56.9 cm³/mol. The summed E-state index contributed by atoms with van der Waals surface area (Å²) in [5.74, 6) is -0.335. The molecule has 0 amide bonds. The lowest BCUT2D eigenvalue weighted by Gasteiger charge is -1.98. The number of hydrogen-bond donors (Lipinski definition) is 1. The average molecular weight is 257 g/mol. The molecule has 4 heteroatoms. The van der Waals surface area contributed by atoms with Crippen LogP contribution in [0.1, 0.15) is 5.56 Å². The Morgan fingerprint density at radius 2 is 2.29 bits per heavy atom. The molecule has 1 rings (SSSR count). The van der Waals surface area contributed by atoms with Crippen LogP contribution in [0.4, 0.5) is 0 Å². The first kappa shape index (κ1) is 10.8. The molecule has 0 spiro atoms. The zero-order valence-electron chi connectivity index (χ0n) is 7.53. The molecule has 0 fully saturated rings. The van der Waals surface area contributed by atoms with Gasteiger partial charge in [0, 0.05) is 16.1 Å². The van der Waals surface area contributed by atoms with Crippen molar-refractivity contribution in [3.05, 3.63) is 34.3 Å². The molecule has 0 bridgehead atoms. The van der Waals surface area contributed by atoms with E-state index in [1.807, 2.05) is 0 Å². The van der Waals surface area contributed by atoms with Crippen LogP contribution in [-0.2, 0) is 9.53 Å². The van der Waals surface area contributed by atoms with Gasteiger partial charge < -0.3 is 9.84 Å². The van der Waals surface area contributed by atoms with Crippen molar-refractivity contribution in [3.63, 3.8) is 0 Å². The lowest BCUT2D eigenvalue weighted by molar-refractivity contribution is -0.134. The minimum absolute atomic E-state index is 0.119. The first-order valence-corrected chi connectivity index (χ1v) is 4.67. The Morgan fingerprint density at radius 3 is 2.93 bits per heavy atom. The molecule has 1 aromatic rings. The van der Waals surface area contributed by atoms with Crippen molar-refractivity contribution < 1.29 is 14.6 Å². The number of phenolic OH excluding ortho intramolecular Hbond substituents is 1. The van der Waals surface area contributed by atoms with Crippen LogP contribution in [0.2, 0.25) is 0 Å². The minimum Gasteiger partial charge on any atom is -0.507 e. The minimum atomic E-state index is -0.454. The molecule has 3 nitrogen and oxygen atoms in total. The molecule has 0 heterocycles. The van der Waals surface area contributed by atoms with Crippen LogP contribution in [-0.4, -0.2) is 18.2 Å². The number of esters is 1. The molecule has 0 unspecified atom stereocenters. The number of hydrogen-bond acceptors (Lipinski definition) is 3. The van der Waals surface area contributed by atoms with Gasteiger partial charge in [0.25, 0.3) is 0 Å². The van der Waals surface area contributed by atoms with Crippen LogP contribution in [0.15, 0.2) is 28.7 Å². The van der Waals surface area contributed by atoms with E-state index in [4.69, 9.17) is 0 Å². The third-order valence-corrected chi connectivity index (χ3v) is 2.08. The predicted octanol–water partition coefficient (Wildman–Crippen LogP) is 2.34. The topological polar surface area (TPSA) is 46.5 Å². The Balaban J connectivity index is 2.90. The molecule has 1 N–H and O–H groups in total. The molecule has 0 aliphatic rings. The Hall–Kier alpha value is -1.29.